The Bertz CT molecular complexity index is 550. The molecule has 2 fully saturated rings. The number of fused-ring (bicyclic) bond motifs is 2. The molecule has 1 saturated carbocycles. The van der Waals surface area contributed by atoms with Gasteiger partial charge in [0.25, 0.3) is 0 Å². The van der Waals surface area contributed by atoms with Crippen molar-refractivity contribution in [3.63, 3.8) is 0 Å². The number of aryl methyl sites for hydroxylation is 1. The van der Waals surface area contributed by atoms with Crippen molar-refractivity contribution in [2.24, 2.45) is 5.92 Å². The van der Waals surface area contributed by atoms with Gasteiger partial charge in [0, 0.05) is 18.8 Å². The largest absolute Gasteiger partial charge is 0.472 e. The minimum Gasteiger partial charge on any atom is -0.472 e. The lowest BCUT2D eigenvalue weighted by molar-refractivity contribution is 0.00213. The van der Waals surface area contributed by atoms with Gasteiger partial charge in [-0.15, -0.1) is 0 Å². The third-order valence-corrected chi connectivity index (χ3v) is 4.21. The van der Waals surface area contributed by atoms with Gasteiger partial charge in [-0.2, -0.15) is 0 Å². The second-order valence-electron chi connectivity index (χ2n) is 7.37. The van der Waals surface area contributed by atoms with E-state index in [2.05, 4.69) is 4.98 Å². The first-order valence-electron chi connectivity index (χ1n) is 7.91. The number of carbonyl (C=O) groups is 1. The zero-order chi connectivity index (χ0) is 15.9. The quantitative estimate of drug-likeness (QED) is 0.842. The van der Waals surface area contributed by atoms with Gasteiger partial charge < -0.3 is 14.4 Å². The highest BCUT2D eigenvalue weighted by Crippen LogP contribution is 2.40. The van der Waals surface area contributed by atoms with E-state index in [9.17, 15) is 4.79 Å². The highest BCUT2D eigenvalue weighted by atomic mass is 16.6. The zero-order valence-corrected chi connectivity index (χ0v) is 13.7. The summed E-state index contributed by atoms with van der Waals surface area (Å²) in [4.78, 5) is 18.5. The third-order valence-electron chi connectivity index (χ3n) is 4.21. The van der Waals surface area contributed by atoms with E-state index in [1.165, 1.54) is 0 Å². The van der Waals surface area contributed by atoms with Gasteiger partial charge in [-0.25, -0.2) is 9.78 Å². The Morgan fingerprint density at radius 3 is 2.68 bits per heavy atom. The number of pyridine rings is 1. The van der Waals surface area contributed by atoms with E-state index in [-0.39, 0.29) is 18.2 Å². The second kappa shape index (κ2) is 5.45. The van der Waals surface area contributed by atoms with E-state index in [0.717, 1.165) is 24.9 Å². The number of rotatable bonds is 2. The summed E-state index contributed by atoms with van der Waals surface area (Å²) in [6, 6.07) is 3.98. The Balaban J connectivity index is 1.66. The van der Waals surface area contributed by atoms with Crippen molar-refractivity contribution in [3.05, 3.63) is 23.9 Å². The van der Waals surface area contributed by atoms with E-state index in [4.69, 9.17) is 9.47 Å². The molecule has 0 spiro atoms. The van der Waals surface area contributed by atoms with E-state index in [1.807, 2.05) is 44.7 Å². The van der Waals surface area contributed by atoms with Gasteiger partial charge in [0.05, 0.1) is 6.04 Å². The number of likely N-dealkylation sites (tertiary alicyclic amines) is 1. The van der Waals surface area contributed by atoms with E-state index in [0.29, 0.717) is 11.8 Å². The van der Waals surface area contributed by atoms with Crippen LogP contribution < -0.4 is 4.74 Å². The summed E-state index contributed by atoms with van der Waals surface area (Å²) in [5.74, 6) is 1.14. The fourth-order valence-electron chi connectivity index (χ4n) is 3.30. The molecular weight excluding hydrogens is 280 g/mol. The Hall–Kier alpha value is -1.78. The Kier molecular flexibility index (Phi) is 3.75. The van der Waals surface area contributed by atoms with Crippen molar-refractivity contribution in [2.45, 2.75) is 58.3 Å². The lowest BCUT2D eigenvalue weighted by Gasteiger charge is -2.34. The van der Waals surface area contributed by atoms with Crippen LogP contribution in [0.1, 0.15) is 39.2 Å². The highest BCUT2D eigenvalue weighted by molar-refractivity contribution is 5.69. The summed E-state index contributed by atoms with van der Waals surface area (Å²) in [5, 5.41) is 0. The highest BCUT2D eigenvalue weighted by Gasteiger charge is 2.49. The van der Waals surface area contributed by atoms with Crippen molar-refractivity contribution in [1.29, 1.82) is 0 Å². The molecule has 2 aliphatic rings. The molecule has 1 amide bonds. The van der Waals surface area contributed by atoms with Crippen LogP contribution in [0.2, 0.25) is 0 Å². The van der Waals surface area contributed by atoms with Crippen molar-refractivity contribution < 1.29 is 14.3 Å². The van der Waals surface area contributed by atoms with Crippen LogP contribution in [0.25, 0.3) is 0 Å². The molecule has 0 radical (unpaired) electrons. The molecule has 1 aromatic heterocycles. The molecule has 5 nitrogen and oxygen atoms in total. The van der Waals surface area contributed by atoms with Gasteiger partial charge in [-0.1, -0.05) is 6.07 Å². The summed E-state index contributed by atoms with van der Waals surface area (Å²) < 4.78 is 11.5. The topological polar surface area (TPSA) is 51.7 Å². The van der Waals surface area contributed by atoms with Gasteiger partial charge in [0.15, 0.2) is 0 Å². The smallest absolute Gasteiger partial charge is 0.410 e. The van der Waals surface area contributed by atoms with Gasteiger partial charge in [0.2, 0.25) is 5.88 Å². The van der Waals surface area contributed by atoms with Crippen molar-refractivity contribution in [3.8, 4) is 5.88 Å². The molecule has 0 N–H and O–H groups in total. The molecule has 3 rings (SSSR count). The van der Waals surface area contributed by atoms with E-state index >= 15 is 0 Å². The average molecular weight is 304 g/mol. The summed E-state index contributed by atoms with van der Waals surface area (Å²) >= 11 is 0. The molecule has 1 saturated heterocycles. The van der Waals surface area contributed by atoms with Crippen LogP contribution in [0, 0.1) is 12.8 Å². The van der Waals surface area contributed by atoms with Crippen molar-refractivity contribution in [2.75, 3.05) is 6.54 Å². The first kappa shape index (κ1) is 15.1. The lowest BCUT2D eigenvalue weighted by atomic mass is 10.1. The molecule has 1 aliphatic heterocycles. The number of hydrogen-bond donors (Lipinski definition) is 0. The van der Waals surface area contributed by atoms with Crippen LogP contribution in [0.15, 0.2) is 18.3 Å². The molecule has 22 heavy (non-hydrogen) atoms. The van der Waals surface area contributed by atoms with Crippen molar-refractivity contribution in [1.82, 2.24) is 9.88 Å². The van der Waals surface area contributed by atoms with Gasteiger partial charge in [-0.3, -0.25) is 0 Å². The zero-order valence-electron chi connectivity index (χ0n) is 13.7. The predicted molar refractivity (Wildman–Crippen MR) is 82.8 cm³/mol. The molecular formula is C17H24N2O3. The number of amides is 1. The Labute approximate surface area is 131 Å². The molecule has 2 bridgehead atoms. The Morgan fingerprint density at radius 1 is 1.32 bits per heavy atom. The summed E-state index contributed by atoms with van der Waals surface area (Å²) in [7, 11) is 0. The first-order chi connectivity index (χ1) is 10.3. The van der Waals surface area contributed by atoms with E-state index < -0.39 is 5.60 Å². The molecule has 1 aliphatic carbocycles. The number of hydrogen-bond acceptors (Lipinski definition) is 4. The second-order valence-corrected chi connectivity index (χ2v) is 7.37. The van der Waals surface area contributed by atoms with Crippen LogP contribution in [-0.2, 0) is 4.74 Å². The summed E-state index contributed by atoms with van der Waals surface area (Å²) in [6.07, 6.45) is 3.57. The SMILES string of the molecule is Cc1ccc(O[C@@H]2C[C@H]3C[C@@H]2N(C(=O)OC(C)(C)C)C3)nc1. The minimum absolute atomic E-state index is 0.0153. The Morgan fingerprint density at radius 2 is 2.09 bits per heavy atom. The molecule has 120 valence electrons. The van der Waals surface area contributed by atoms with Gasteiger partial charge in [-0.05, 0) is 52.0 Å². The maximum atomic E-state index is 12.3. The van der Waals surface area contributed by atoms with Gasteiger partial charge >= 0.3 is 6.09 Å². The number of carbonyl (C=O) groups excluding carboxylic acids is 1. The maximum Gasteiger partial charge on any atom is 0.410 e. The van der Waals surface area contributed by atoms with Gasteiger partial charge in [0.1, 0.15) is 11.7 Å². The molecule has 0 unspecified atom stereocenters. The fourth-order valence-corrected chi connectivity index (χ4v) is 3.30. The van der Waals surface area contributed by atoms with Crippen LogP contribution in [0.3, 0.4) is 0 Å². The minimum atomic E-state index is -0.465. The van der Waals surface area contributed by atoms with Crippen LogP contribution in [-0.4, -0.2) is 40.3 Å². The average Bonchev–Trinajstić information content (AvgIpc) is 2.99. The first-order valence-corrected chi connectivity index (χ1v) is 7.91. The summed E-state index contributed by atoms with van der Waals surface area (Å²) in [5.41, 5.74) is 0.643. The molecule has 1 aromatic rings. The van der Waals surface area contributed by atoms with E-state index in [1.54, 1.807) is 6.20 Å². The molecule has 0 aromatic carbocycles. The number of aromatic nitrogens is 1. The van der Waals surface area contributed by atoms with Crippen LogP contribution in [0.4, 0.5) is 4.79 Å². The summed E-state index contributed by atoms with van der Waals surface area (Å²) in [6.45, 7) is 8.45. The molecule has 3 atom stereocenters. The monoisotopic (exact) mass is 304 g/mol. The number of ether oxygens (including phenoxy) is 2. The third kappa shape index (κ3) is 3.18. The number of piperidine rings is 1. The lowest BCUT2D eigenvalue weighted by Crippen LogP contribution is -2.48. The standard InChI is InChI=1S/C17H24N2O3/c1-11-5-6-15(18-9-11)21-14-8-12-7-13(14)19(10-12)16(20)22-17(2,3)4/h5-6,9,12-14H,7-8,10H2,1-4H3/t12-,13+,14-/m1/s1. The normalized spacial score (nSPS) is 27.1. The van der Waals surface area contributed by atoms with Crippen LogP contribution in [0.5, 0.6) is 5.88 Å². The van der Waals surface area contributed by atoms with Crippen LogP contribution >= 0.6 is 0 Å². The molecule has 2 heterocycles. The van der Waals surface area contributed by atoms with Crippen molar-refractivity contribution >= 4 is 6.09 Å². The molecule has 5 heteroatoms. The number of nitrogens with zero attached hydrogens (tertiary/aromatic N) is 2. The maximum absolute atomic E-state index is 12.3. The predicted octanol–water partition coefficient (Wildman–Crippen LogP) is 3.17. The fraction of sp³-hybridized carbons (Fsp3) is 0.647.